The van der Waals surface area contributed by atoms with Gasteiger partial charge in [-0.1, -0.05) is 150 Å². The van der Waals surface area contributed by atoms with Gasteiger partial charge in [0.1, 0.15) is 0 Å². The Labute approximate surface area is 255 Å². The van der Waals surface area contributed by atoms with Crippen LogP contribution < -0.4 is 0 Å². The summed E-state index contributed by atoms with van der Waals surface area (Å²) >= 11 is 0. The fourth-order valence-corrected chi connectivity index (χ4v) is 5.02. The Morgan fingerprint density at radius 2 is 0.833 bits per heavy atom. The standard InChI is InChI=1S/C38H34.2C2H6/c1-4-12-29(6-3)31-15-8-17-33(24-31)35-19-10-21-37(26-35)38-22-11-20-36(27-38)34-18-9-16-32(25-34)30-14-7-13-28(5-2)23-30;2*1-2/h4,6-27H,5H2,1-3H3;2*1-2H3/b12-4-,29-6+;;. The van der Waals surface area contributed by atoms with Crippen LogP contribution in [0, 0.1) is 0 Å². The van der Waals surface area contributed by atoms with E-state index in [4.69, 9.17) is 0 Å². The summed E-state index contributed by atoms with van der Waals surface area (Å²) in [6.45, 7) is 14.4. The molecule has 0 atom stereocenters. The highest BCUT2D eigenvalue weighted by Gasteiger charge is 2.07. The van der Waals surface area contributed by atoms with Gasteiger partial charge in [-0.3, -0.25) is 0 Å². The lowest BCUT2D eigenvalue weighted by molar-refractivity contribution is 1.14. The molecule has 42 heavy (non-hydrogen) atoms. The number of rotatable bonds is 7. The second kappa shape index (κ2) is 16.7. The van der Waals surface area contributed by atoms with E-state index in [2.05, 4.69) is 160 Å². The van der Waals surface area contributed by atoms with Crippen molar-refractivity contribution in [3.8, 4) is 44.5 Å². The van der Waals surface area contributed by atoms with Crippen LogP contribution in [0.2, 0.25) is 0 Å². The van der Waals surface area contributed by atoms with E-state index in [1.165, 1.54) is 61.2 Å². The van der Waals surface area contributed by atoms with E-state index in [1.807, 2.05) is 27.7 Å². The van der Waals surface area contributed by atoms with Crippen molar-refractivity contribution in [1.82, 2.24) is 0 Å². The summed E-state index contributed by atoms with van der Waals surface area (Å²) < 4.78 is 0. The Hall–Kier alpha value is -4.42. The van der Waals surface area contributed by atoms with Crippen molar-refractivity contribution in [1.29, 1.82) is 0 Å². The van der Waals surface area contributed by atoms with Gasteiger partial charge in [-0.25, -0.2) is 0 Å². The molecule has 0 aliphatic rings. The van der Waals surface area contributed by atoms with E-state index < -0.39 is 0 Å². The van der Waals surface area contributed by atoms with Crippen LogP contribution in [0.1, 0.15) is 59.6 Å². The van der Waals surface area contributed by atoms with Gasteiger partial charge in [-0.15, -0.1) is 0 Å². The Morgan fingerprint density at radius 3 is 1.21 bits per heavy atom. The van der Waals surface area contributed by atoms with Crippen molar-refractivity contribution in [3.05, 3.63) is 151 Å². The number of hydrogen-bond acceptors (Lipinski definition) is 0. The maximum atomic E-state index is 2.31. The molecule has 0 saturated carbocycles. The summed E-state index contributed by atoms with van der Waals surface area (Å²) in [6, 6.07) is 44.3. The molecule has 5 aromatic carbocycles. The fourth-order valence-electron chi connectivity index (χ4n) is 5.02. The van der Waals surface area contributed by atoms with Crippen LogP contribution in [0.4, 0.5) is 0 Å². The molecule has 0 bridgehead atoms. The Balaban J connectivity index is 0.00000116. The highest BCUT2D eigenvalue weighted by Crippen LogP contribution is 2.32. The first-order chi connectivity index (χ1) is 20.7. The minimum Gasteiger partial charge on any atom is -0.0871 e. The van der Waals surface area contributed by atoms with Crippen molar-refractivity contribution in [2.75, 3.05) is 0 Å². The van der Waals surface area contributed by atoms with Crippen LogP contribution in [0.25, 0.3) is 50.1 Å². The second-order valence-electron chi connectivity index (χ2n) is 9.62. The van der Waals surface area contributed by atoms with Gasteiger partial charge in [-0.05, 0) is 106 Å². The maximum Gasteiger partial charge on any atom is -0.0178 e. The lowest BCUT2D eigenvalue weighted by Crippen LogP contribution is -1.86. The Bertz CT molecular complexity index is 1610. The van der Waals surface area contributed by atoms with Crippen molar-refractivity contribution < 1.29 is 0 Å². The SMILES string of the molecule is C/C=C\C(=C/C)c1cccc(-c2cccc(-c3cccc(-c4cccc(-c5cccc(CC)c5)c4)c3)c2)c1.CC.CC. The molecule has 0 aliphatic carbocycles. The molecule has 5 rings (SSSR count). The van der Waals surface area contributed by atoms with Gasteiger partial charge in [0.2, 0.25) is 0 Å². The topological polar surface area (TPSA) is 0 Å². The fraction of sp³-hybridized carbons (Fsp3) is 0.190. The van der Waals surface area contributed by atoms with Crippen molar-refractivity contribution in [3.63, 3.8) is 0 Å². The molecule has 0 N–H and O–H groups in total. The highest BCUT2D eigenvalue weighted by atomic mass is 14.1. The van der Waals surface area contributed by atoms with E-state index in [1.54, 1.807) is 0 Å². The smallest absolute Gasteiger partial charge is 0.0178 e. The summed E-state index contributed by atoms with van der Waals surface area (Å²) in [6.07, 6.45) is 7.46. The summed E-state index contributed by atoms with van der Waals surface area (Å²) in [5.74, 6) is 0. The van der Waals surface area contributed by atoms with Crippen LogP contribution in [0.3, 0.4) is 0 Å². The van der Waals surface area contributed by atoms with Gasteiger partial charge in [-0.2, -0.15) is 0 Å². The zero-order chi connectivity index (χ0) is 30.3. The first kappa shape index (κ1) is 32.1. The molecule has 0 amide bonds. The molecule has 214 valence electrons. The zero-order valence-corrected chi connectivity index (χ0v) is 26.5. The number of benzene rings is 5. The van der Waals surface area contributed by atoms with E-state index in [0.717, 1.165) is 6.42 Å². The van der Waals surface area contributed by atoms with Gasteiger partial charge in [0.05, 0.1) is 0 Å². The summed E-state index contributed by atoms with van der Waals surface area (Å²) in [5.41, 5.74) is 13.7. The minimum absolute atomic E-state index is 1.05. The van der Waals surface area contributed by atoms with Crippen molar-refractivity contribution in [2.24, 2.45) is 0 Å². The Kier molecular flexibility index (Phi) is 12.8. The van der Waals surface area contributed by atoms with E-state index in [9.17, 15) is 0 Å². The van der Waals surface area contributed by atoms with Gasteiger partial charge < -0.3 is 0 Å². The van der Waals surface area contributed by atoms with Crippen molar-refractivity contribution >= 4 is 5.57 Å². The average Bonchev–Trinajstić information content (AvgIpc) is 3.09. The van der Waals surface area contributed by atoms with Gasteiger partial charge >= 0.3 is 0 Å². The molecule has 0 heterocycles. The monoisotopic (exact) mass is 550 g/mol. The normalized spacial score (nSPS) is 10.9. The predicted molar refractivity (Wildman–Crippen MR) is 189 cm³/mol. The molecule has 0 spiro atoms. The molecule has 0 heteroatoms. The van der Waals surface area contributed by atoms with Gasteiger partial charge in [0.15, 0.2) is 0 Å². The van der Waals surface area contributed by atoms with Crippen LogP contribution >= 0.6 is 0 Å². The molecule has 0 unspecified atom stereocenters. The Morgan fingerprint density at radius 1 is 0.476 bits per heavy atom. The first-order valence-electron chi connectivity index (χ1n) is 15.5. The summed E-state index contributed by atoms with van der Waals surface area (Å²) in [7, 11) is 0. The summed E-state index contributed by atoms with van der Waals surface area (Å²) in [5, 5.41) is 0. The van der Waals surface area contributed by atoms with Crippen LogP contribution in [-0.4, -0.2) is 0 Å². The largest absolute Gasteiger partial charge is 0.0871 e. The third kappa shape index (κ3) is 8.08. The van der Waals surface area contributed by atoms with E-state index in [-0.39, 0.29) is 0 Å². The predicted octanol–water partition coefficient (Wildman–Crippen LogP) is 12.9. The molecule has 0 aromatic heterocycles. The minimum atomic E-state index is 1.05. The second-order valence-corrected chi connectivity index (χ2v) is 9.62. The quantitative estimate of drug-likeness (QED) is 0.177. The molecule has 0 aliphatic heterocycles. The molecule has 0 radical (unpaired) electrons. The van der Waals surface area contributed by atoms with Crippen LogP contribution in [0.15, 0.2) is 140 Å². The zero-order valence-electron chi connectivity index (χ0n) is 26.5. The molecular formula is C42H46. The van der Waals surface area contributed by atoms with E-state index >= 15 is 0 Å². The molecule has 0 fully saturated rings. The van der Waals surface area contributed by atoms with Crippen molar-refractivity contribution in [2.45, 2.75) is 54.9 Å². The van der Waals surface area contributed by atoms with Crippen LogP contribution in [-0.2, 0) is 6.42 Å². The number of allylic oxidation sites excluding steroid dienone is 4. The highest BCUT2D eigenvalue weighted by molar-refractivity contribution is 5.81. The molecular weight excluding hydrogens is 504 g/mol. The lowest BCUT2D eigenvalue weighted by atomic mass is 9.93. The number of hydrogen-bond donors (Lipinski definition) is 0. The molecule has 5 aromatic rings. The third-order valence-corrected chi connectivity index (χ3v) is 7.11. The average molecular weight is 551 g/mol. The first-order valence-corrected chi connectivity index (χ1v) is 15.5. The van der Waals surface area contributed by atoms with Gasteiger partial charge in [0.25, 0.3) is 0 Å². The third-order valence-electron chi connectivity index (χ3n) is 7.11. The van der Waals surface area contributed by atoms with E-state index in [0.29, 0.717) is 0 Å². The van der Waals surface area contributed by atoms with Gasteiger partial charge in [0, 0.05) is 0 Å². The van der Waals surface area contributed by atoms with Crippen LogP contribution in [0.5, 0.6) is 0 Å². The summed E-state index contributed by atoms with van der Waals surface area (Å²) in [4.78, 5) is 0. The number of aryl methyl sites for hydroxylation is 1. The molecule has 0 saturated heterocycles. The lowest BCUT2D eigenvalue weighted by Gasteiger charge is -2.11. The molecule has 0 nitrogen and oxygen atoms in total. The maximum absolute atomic E-state index is 2.31.